The predicted octanol–water partition coefficient (Wildman–Crippen LogP) is 3.18. The maximum Gasteiger partial charge on any atom is 0.231 e. The highest BCUT2D eigenvalue weighted by atomic mass is 35.5. The molecule has 2 aliphatic rings. The monoisotopic (exact) mass is 376 g/mol. The van der Waals surface area contributed by atoms with Crippen LogP contribution in [0.3, 0.4) is 0 Å². The van der Waals surface area contributed by atoms with Gasteiger partial charge in [-0.1, -0.05) is 5.57 Å². The lowest BCUT2D eigenvalue weighted by Gasteiger charge is -2.35. The largest absolute Gasteiger partial charge is 0.493 e. The van der Waals surface area contributed by atoms with Crippen molar-refractivity contribution in [3.05, 3.63) is 29.8 Å². The Morgan fingerprint density at radius 3 is 2.62 bits per heavy atom. The molecule has 2 heterocycles. The van der Waals surface area contributed by atoms with Crippen LogP contribution in [0.25, 0.3) is 0 Å². The van der Waals surface area contributed by atoms with Crippen LogP contribution in [0.2, 0.25) is 0 Å². The summed E-state index contributed by atoms with van der Waals surface area (Å²) in [5, 5.41) is 3.41. The van der Waals surface area contributed by atoms with Gasteiger partial charge < -0.3 is 19.5 Å². The Bertz CT molecular complexity index is 563. The highest BCUT2D eigenvalue weighted by Gasteiger charge is 2.27. The van der Waals surface area contributed by atoms with E-state index in [0.717, 1.165) is 44.1 Å². The van der Waals surface area contributed by atoms with Crippen LogP contribution in [0.4, 0.5) is 0 Å². The lowest BCUT2D eigenvalue weighted by molar-refractivity contribution is 0.169. The molecule has 7 heteroatoms. The van der Waals surface area contributed by atoms with Gasteiger partial charge in [0, 0.05) is 32.2 Å². The molecule has 5 nitrogen and oxygen atoms in total. The fraction of sp³-hybridized carbons (Fsp3) is 0.529. The smallest absolute Gasteiger partial charge is 0.231 e. The minimum Gasteiger partial charge on any atom is -0.493 e. The van der Waals surface area contributed by atoms with Crippen molar-refractivity contribution in [1.82, 2.24) is 10.2 Å². The van der Waals surface area contributed by atoms with Crippen molar-refractivity contribution in [1.29, 1.82) is 0 Å². The lowest BCUT2D eigenvalue weighted by atomic mass is 9.97. The Balaban J connectivity index is 0.00000144. The third-order valence-electron chi connectivity index (χ3n) is 4.20. The number of halogens is 2. The number of piperazine rings is 1. The summed E-state index contributed by atoms with van der Waals surface area (Å²) >= 11 is 0. The summed E-state index contributed by atoms with van der Waals surface area (Å²) < 4.78 is 16.5. The fourth-order valence-corrected chi connectivity index (χ4v) is 3.12. The molecule has 2 aliphatic heterocycles. The molecule has 1 fully saturated rings. The average Bonchev–Trinajstić information content (AvgIpc) is 3.00. The zero-order valence-electron chi connectivity index (χ0n) is 14.2. The maximum absolute atomic E-state index is 5.57. The maximum atomic E-state index is 5.57. The first-order valence-corrected chi connectivity index (χ1v) is 7.75. The van der Waals surface area contributed by atoms with Gasteiger partial charge in [0.1, 0.15) is 0 Å². The van der Waals surface area contributed by atoms with Gasteiger partial charge in [-0.15, -0.1) is 31.4 Å². The second-order valence-corrected chi connectivity index (χ2v) is 5.92. The standard InChI is InChI=1S/C17H24N2O3.2ClH/c1-12(2)8-14(19-6-4-18-5-7-19)13-9-15(20-3)17-16(10-13)21-11-22-17;;/h9-10,14,18H,1,4-8,11H2,2-3H3;2*1H/t14-;;/m0../s1. The molecule has 1 N–H and O–H groups in total. The SMILES string of the molecule is C=C(C)C[C@@H](c1cc(OC)c2c(c1)OCO2)N1CCNCC1.Cl.Cl. The summed E-state index contributed by atoms with van der Waals surface area (Å²) in [6.45, 7) is 10.6. The van der Waals surface area contributed by atoms with Crippen LogP contribution in [0, 0.1) is 0 Å². The summed E-state index contributed by atoms with van der Waals surface area (Å²) in [7, 11) is 1.67. The summed E-state index contributed by atoms with van der Waals surface area (Å²) in [6.07, 6.45) is 0.933. The number of benzene rings is 1. The van der Waals surface area contributed by atoms with Crippen molar-refractivity contribution >= 4 is 24.8 Å². The van der Waals surface area contributed by atoms with E-state index in [1.54, 1.807) is 7.11 Å². The van der Waals surface area contributed by atoms with Crippen molar-refractivity contribution in [3.8, 4) is 17.2 Å². The summed E-state index contributed by atoms with van der Waals surface area (Å²) in [5.41, 5.74) is 2.38. The van der Waals surface area contributed by atoms with Gasteiger partial charge in [0.15, 0.2) is 11.5 Å². The van der Waals surface area contributed by atoms with E-state index >= 15 is 0 Å². The molecule has 0 aliphatic carbocycles. The Kier molecular flexibility index (Phi) is 8.16. The molecule has 0 bridgehead atoms. The second kappa shape index (κ2) is 9.37. The van der Waals surface area contributed by atoms with E-state index in [4.69, 9.17) is 14.2 Å². The molecular formula is C17H26Cl2N2O3. The average molecular weight is 377 g/mol. The number of nitrogens with zero attached hydrogens (tertiary/aromatic N) is 1. The van der Waals surface area contributed by atoms with Crippen molar-refractivity contribution in [2.24, 2.45) is 0 Å². The molecule has 1 aromatic rings. The normalized spacial score (nSPS) is 17.4. The minimum atomic E-state index is 0. The molecule has 0 amide bonds. The van der Waals surface area contributed by atoms with Gasteiger partial charge in [0.05, 0.1) is 7.11 Å². The van der Waals surface area contributed by atoms with Gasteiger partial charge >= 0.3 is 0 Å². The number of fused-ring (bicyclic) bond motifs is 1. The Morgan fingerprint density at radius 2 is 2.00 bits per heavy atom. The van der Waals surface area contributed by atoms with Crippen molar-refractivity contribution < 1.29 is 14.2 Å². The van der Waals surface area contributed by atoms with E-state index in [1.807, 2.05) is 0 Å². The number of nitrogens with one attached hydrogen (secondary N) is 1. The molecule has 136 valence electrons. The number of hydrogen-bond acceptors (Lipinski definition) is 5. The molecule has 0 unspecified atom stereocenters. The molecular weight excluding hydrogens is 351 g/mol. The van der Waals surface area contributed by atoms with Gasteiger partial charge in [-0.25, -0.2) is 0 Å². The first-order chi connectivity index (χ1) is 10.7. The van der Waals surface area contributed by atoms with Gasteiger partial charge in [0.25, 0.3) is 0 Å². The topological polar surface area (TPSA) is 43.0 Å². The Morgan fingerprint density at radius 1 is 1.29 bits per heavy atom. The number of hydrogen-bond donors (Lipinski definition) is 1. The molecule has 0 saturated carbocycles. The Hall–Kier alpha value is -1.14. The van der Waals surface area contributed by atoms with Crippen molar-refractivity contribution in [2.45, 2.75) is 19.4 Å². The predicted molar refractivity (Wildman–Crippen MR) is 100 cm³/mol. The zero-order chi connectivity index (χ0) is 15.5. The number of ether oxygens (including phenoxy) is 3. The van der Waals surface area contributed by atoms with E-state index in [-0.39, 0.29) is 31.6 Å². The van der Waals surface area contributed by atoms with Crippen LogP contribution < -0.4 is 19.5 Å². The van der Waals surface area contributed by atoms with Crippen molar-refractivity contribution in [2.75, 3.05) is 40.1 Å². The summed E-state index contributed by atoms with van der Waals surface area (Å²) in [4.78, 5) is 2.50. The third-order valence-corrected chi connectivity index (χ3v) is 4.20. The highest BCUT2D eigenvalue weighted by Crippen LogP contribution is 2.44. The second-order valence-electron chi connectivity index (χ2n) is 5.92. The van der Waals surface area contributed by atoms with E-state index in [2.05, 4.69) is 35.9 Å². The highest BCUT2D eigenvalue weighted by molar-refractivity contribution is 5.85. The number of methoxy groups -OCH3 is 1. The molecule has 3 rings (SSSR count). The van der Waals surface area contributed by atoms with E-state index < -0.39 is 0 Å². The van der Waals surface area contributed by atoms with Crippen LogP contribution in [-0.4, -0.2) is 45.0 Å². The van der Waals surface area contributed by atoms with Crippen LogP contribution >= 0.6 is 24.8 Å². The van der Waals surface area contributed by atoms with Gasteiger partial charge in [-0.2, -0.15) is 0 Å². The molecule has 0 spiro atoms. The van der Waals surface area contributed by atoms with Gasteiger partial charge in [-0.05, 0) is 31.0 Å². The number of rotatable bonds is 5. The minimum absolute atomic E-state index is 0. The molecule has 1 atom stereocenters. The quantitative estimate of drug-likeness (QED) is 0.799. The zero-order valence-corrected chi connectivity index (χ0v) is 15.8. The van der Waals surface area contributed by atoms with Gasteiger partial charge in [0.2, 0.25) is 12.5 Å². The molecule has 0 radical (unpaired) electrons. The fourth-order valence-electron chi connectivity index (χ4n) is 3.12. The Labute approximate surface area is 156 Å². The van der Waals surface area contributed by atoms with E-state index in [0.29, 0.717) is 11.8 Å². The summed E-state index contributed by atoms with van der Waals surface area (Å²) in [5.74, 6) is 2.23. The third kappa shape index (κ3) is 4.48. The molecule has 0 aromatic heterocycles. The van der Waals surface area contributed by atoms with Crippen LogP contribution in [0.5, 0.6) is 17.2 Å². The molecule has 24 heavy (non-hydrogen) atoms. The lowest BCUT2D eigenvalue weighted by Crippen LogP contribution is -2.45. The first kappa shape index (κ1) is 20.9. The van der Waals surface area contributed by atoms with Crippen LogP contribution in [-0.2, 0) is 0 Å². The molecule has 1 aromatic carbocycles. The first-order valence-electron chi connectivity index (χ1n) is 7.75. The summed E-state index contributed by atoms with van der Waals surface area (Å²) in [6, 6.07) is 4.45. The van der Waals surface area contributed by atoms with Crippen molar-refractivity contribution in [3.63, 3.8) is 0 Å². The van der Waals surface area contributed by atoms with Crippen LogP contribution in [0.1, 0.15) is 24.9 Å². The van der Waals surface area contributed by atoms with Gasteiger partial charge in [-0.3, -0.25) is 4.90 Å². The van der Waals surface area contributed by atoms with E-state index in [1.165, 1.54) is 11.1 Å². The van der Waals surface area contributed by atoms with E-state index in [9.17, 15) is 0 Å². The van der Waals surface area contributed by atoms with Crippen LogP contribution in [0.15, 0.2) is 24.3 Å². The molecule has 1 saturated heterocycles.